The Balaban J connectivity index is 2.05. The molecule has 0 aliphatic heterocycles. The molecule has 0 amide bonds. The summed E-state index contributed by atoms with van der Waals surface area (Å²) in [5.74, 6) is 2.19. The lowest BCUT2D eigenvalue weighted by atomic mass is 10.2. The van der Waals surface area contributed by atoms with E-state index in [4.69, 9.17) is 9.47 Å². The molecule has 0 aliphatic carbocycles. The van der Waals surface area contributed by atoms with Crippen LogP contribution in [0, 0.1) is 6.92 Å². The Bertz CT molecular complexity index is 541. The Labute approximate surface area is 112 Å². The topological polar surface area (TPSA) is 56.3 Å². The summed E-state index contributed by atoms with van der Waals surface area (Å²) >= 11 is 0. The van der Waals surface area contributed by atoms with Gasteiger partial charge in [0, 0.05) is 6.54 Å². The van der Waals surface area contributed by atoms with Crippen LogP contribution in [0.3, 0.4) is 0 Å². The first-order chi connectivity index (χ1) is 9.22. The summed E-state index contributed by atoms with van der Waals surface area (Å²) in [7, 11) is 3.25. The lowest BCUT2D eigenvalue weighted by Crippen LogP contribution is -2.03. The maximum Gasteiger partial charge on any atom is 0.161 e. The van der Waals surface area contributed by atoms with Gasteiger partial charge in [0.05, 0.1) is 19.9 Å². The summed E-state index contributed by atoms with van der Waals surface area (Å²) in [5.41, 5.74) is 1.98. The summed E-state index contributed by atoms with van der Waals surface area (Å²) in [6.07, 6.45) is 0. The number of anilines is 1. The minimum absolute atomic E-state index is 0.651. The van der Waals surface area contributed by atoms with Crippen LogP contribution in [0.25, 0.3) is 0 Å². The van der Waals surface area contributed by atoms with E-state index in [1.54, 1.807) is 14.2 Å². The van der Waals surface area contributed by atoms with E-state index in [0.29, 0.717) is 6.54 Å². The number of ether oxygens (including phenoxy) is 2. The van der Waals surface area contributed by atoms with E-state index in [9.17, 15) is 0 Å². The van der Waals surface area contributed by atoms with Crippen LogP contribution in [0.15, 0.2) is 30.3 Å². The van der Waals surface area contributed by atoms with Crippen LogP contribution in [0.4, 0.5) is 5.82 Å². The molecular weight excluding hydrogens is 242 g/mol. The van der Waals surface area contributed by atoms with Crippen LogP contribution in [0.5, 0.6) is 11.5 Å². The van der Waals surface area contributed by atoms with Crippen molar-refractivity contribution in [2.75, 3.05) is 19.5 Å². The van der Waals surface area contributed by atoms with Gasteiger partial charge < -0.3 is 14.8 Å². The quantitative estimate of drug-likeness (QED) is 0.893. The van der Waals surface area contributed by atoms with Gasteiger partial charge in [0.15, 0.2) is 11.5 Å². The van der Waals surface area contributed by atoms with Crippen LogP contribution in [0.1, 0.15) is 11.3 Å². The Hall–Kier alpha value is -2.30. The number of benzene rings is 1. The third-order valence-corrected chi connectivity index (χ3v) is 2.72. The van der Waals surface area contributed by atoms with Gasteiger partial charge in [-0.15, -0.1) is 5.10 Å². The second-order valence-electron chi connectivity index (χ2n) is 4.10. The molecule has 2 aromatic rings. The summed E-state index contributed by atoms with van der Waals surface area (Å²) in [6.45, 7) is 2.56. The van der Waals surface area contributed by atoms with Crippen molar-refractivity contribution < 1.29 is 9.47 Å². The molecule has 1 aromatic heterocycles. The molecule has 0 spiro atoms. The molecule has 100 valence electrons. The third kappa shape index (κ3) is 3.34. The number of hydrogen-bond donors (Lipinski definition) is 1. The van der Waals surface area contributed by atoms with Crippen molar-refractivity contribution in [3.05, 3.63) is 41.6 Å². The molecule has 0 fully saturated rings. The Morgan fingerprint density at radius 1 is 1.00 bits per heavy atom. The zero-order valence-electron chi connectivity index (χ0n) is 11.3. The molecule has 0 atom stereocenters. The highest BCUT2D eigenvalue weighted by Crippen LogP contribution is 2.27. The number of nitrogens with one attached hydrogen (secondary N) is 1. The van der Waals surface area contributed by atoms with Gasteiger partial charge in [-0.05, 0) is 36.8 Å². The SMILES string of the molecule is COc1ccc(CNc2ccc(C)nn2)cc1OC. The van der Waals surface area contributed by atoms with Crippen molar-refractivity contribution in [3.8, 4) is 11.5 Å². The van der Waals surface area contributed by atoms with Crippen molar-refractivity contribution in [2.45, 2.75) is 13.5 Å². The first-order valence-electron chi connectivity index (χ1n) is 5.98. The van der Waals surface area contributed by atoms with E-state index in [1.165, 1.54) is 0 Å². The molecule has 1 N–H and O–H groups in total. The van der Waals surface area contributed by atoms with Gasteiger partial charge in [-0.2, -0.15) is 5.10 Å². The van der Waals surface area contributed by atoms with Crippen LogP contribution >= 0.6 is 0 Å². The zero-order valence-corrected chi connectivity index (χ0v) is 11.3. The van der Waals surface area contributed by atoms with Crippen molar-refractivity contribution in [2.24, 2.45) is 0 Å². The van der Waals surface area contributed by atoms with Crippen LogP contribution < -0.4 is 14.8 Å². The van der Waals surface area contributed by atoms with E-state index in [-0.39, 0.29) is 0 Å². The third-order valence-electron chi connectivity index (χ3n) is 2.72. The minimum Gasteiger partial charge on any atom is -0.493 e. The molecule has 19 heavy (non-hydrogen) atoms. The summed E-state index contributed by atoms with van der Waals surface area (Å²) in [6, 6.07) is 9.63. The van der Waals surface area contributed by atoms with Gasteiger partial charge >= 0.3 is 0 Å². The van der Waals surface area contributed by atoms with E-state index < -0.39 is 0 Å². The number of rotatable bonds is 5. The minimum atomic E-state index is 0.651. The van der Waals surface area contributed by atoms with Gasteiger partial charge in [-0.1, -0.05) is 6.07 Å². The van der Waals surface area contributed by atoms with Crippen molar-refractivity contribution in [1.82, 2.24) is 10.2 Å². The first kappa shape index (κ1) is 13.1. The van der Waals surface area contributed by atoms with Crippen molar-refractivity contribution >= 4 is 5.82 Å². The fourth-order valence-corrected chi connectivity index (χ4v) is 1.68. The largest absolute Gasteiger partial charge is 0.493 e. The molecule has 0 bridgehead atoms. The summed E-state index contributed by atoms with van der Waals surface area (Å²) in [4.78, 5) is 0. The molecule has 0 radical (unpaired) electrons. The average molecular weight is 259 g/mol. The van der Waals surface area contributed by atoms with Gasteiger partial charge in [-0.3, -0.25) is 0 Å². The maximum absolute atomic E-state index is 5.26. The molecule has 1 aromatic carbocycles. The van der Waals surface area contributed by atoms with E-state index in [0.717, 1.165) is 28.6 Å². The molecule has 0 aliphatic rings. The number of aromatic nitrogens is 2. The molecule has 2 rings (SSSR count). The highest BCUT2D eigenvalue weighted by atomic mass is 16.5. The van der Waals surface area contributed by atoms with E-state index in [2.05, 4.69) is 15.5 Å². The van der Waals surface area contributed by atoms with Gasteiger partial charge in [0.1, 0.15) is 5.82 Å². The van der Waals surface area contributed by atoms with Gasteiger partial charge in [0.2, 0.25) is 0 Å². The van der Waals surface area contributed by atoms with Crippen LogP contribution in [0.2, 0.25) is 0 Å². The predicted molar refractivity (Wildman–Crippen MR) is 73.6 cm³/mol. The lowest BCUT2D eigenvalue weighted by Gasteiger charge is -2.10. The average Bonchev–Trinajstić information content (AvgIpc) is 2.46. The predicted octanol–water partition coefficient (Wildman–Crippen LogP) is 2.41. The fraction of sp³-hybridized carbons (Fsp3) is 0.286. The lowest BCUT2D eigenvalue weighted by molar-refractivity contribution is 0.354. The van der Waals surface area contributed by atoms with Gasteiger partial charge in [-0.25, -0.2) is 0 Å². The maximum atomic E-state index is 5.26. The first-order valence-corrected chi connectivity index (χ1v) is 5.98. The second-order valence-corrected chi connectivity index (χ2v) is 4.10. The molecule has 5 nitrogen and oxygen atoms in total. The highest BCUT2D eigenvalue weighted by molar-refractivity contribution is 5.44. The normalized spacial score (nSPS) is 10.1. The molecule has 1 heterocycles. The second kappa shape index (κ2) is 6.04. The van der Waals surface area contributed by atoms with Gasteiger partial charge in [0.25, 0.3) is 0 Å². The fourth-order valence-electron chi connectivity index (χ4n) is 1.68. The molecule has 0 saturated heterocycles. The summed E-state index contributed by atoms with van der Waals surface area (Å²) in [5, 5.41) is 11.3. The van der Waals surface area contributed by atoms with E-state index >= 15 is 0 Å². The molecule has 0 unspecified atom stereocenters. The molecule has 0 saturated carbocycles. The molecule has 5 heteroatoms. The Morgan fingerprint density at radius 3 is 2.42 bits per heavy atom. The smallest absolute Gasteiger partial charge is 0.161 e. The van der Waals surface area contributed by atoms with Crippen molar-refractivity contribution in [3.63, 3.8) is 0 Å². The van der Waals surface area contributed by atoms with Crippen LogP contribution in [-0.4, -0.2) is 24.4 Å². The highest BCUT2D eigenvalue weighted by Gasteiger charge is 2.04. The molecular formula is C14H17N3O2. The zero-order chi connectivity index (χ0) is 13.7. The van der Waals surface area contributed by atoms with E-state index in [1.807, 2.05) is 37.3 Å². The standard InChI is InChI=1S/C14H17N3O2/c1-10-4-7-14(17-16-10)15-9-11-5-6-12(18-2)13(8-11)19-3/h4-8H,9H2,1-3H3,(H,15,17). The number of methoxy groups -OCH3 is 2. The monoisotopic (exact) mass is 259 g/mol. The Morgan fingerprint density at radius 2 is 1.79 bits per heavy atom. The number of nitrogens with zero attached hydrogens (tertiary/aromatic N) is 2. The number of aryl methyl sites for hydroxylation is 1. The summed E-state index contributed by atoms with van der Waals surface area (Å²) < 4.78 is 10.5. The Kier molecular flexibility index (Phi) is 4.18. The number of hydrogen-bond acceptors (Lipinski definition) is 5. The van der Waals surface area contributed by atoms with Crippen LogP contribution in [-0.2, 0) is 6.54 Å². The van der Waals surface area contributed by atoms with Crippen molar-refractivity contribution in [1.29, 1.82) is 0 Å².